The molecule has 0 saturated heterocycles. The Morgan fingerprint density at radius 2 is 1.96 bits per heavy atom. The van der Waals surface area contributed by atoms with Crippen molar-refractivity contribution < 1.29 is 4.79 Å². The molecule has 3 aromatic heterocycles. The van der Waals surface area contributed by atoms with Crippen molar-refractivity contribution >= 4 is 28.3 Å². The lowest BCUT2D eigenvalue weighted by Gasteiger charge is -2.13. The molecular weight excluding hydrogens is 344 g/mol. The Morgan fingerprint density at radius 1 is 1.22 bits per heavy atom. The minimum absolute atomic E-state index is 0.210. The van der Waals surface area contributed by atoms with Crippen LogP contribution in [0.15, 0.2) is 47.7 Å². The Hall–Kier alpha value is -3.26. The van der Waals surface area contributed by atoms with E-state index in [2.05, 4.69) is 25.5 Å². The number of amides is 1. The smallest absolute Gasteiger partial charge is 0.274 e. The standard InChI is InChI=1S/C19H22N6O2/c1-24(2)9-8-21-17-11-16-14(12-22-17)10-15(19(27)25(16)3)23-18(26)13-4-6-20-7-5-13/h4-7,10-12H,8-9H2,1-3H3,(H,21,22)(H,23,26). The summed E-state index contributed by atoms with van der Waals surface area (Å²) in [5.41, 5.74) is 1.10. The molecule has 3 heterocycles. The normalized spacial score (nSPS) is 11.0. The highest BCUT2D eigenvalue weighted by Crippen LogP contribution is 2.18. The van der Waals surface area contributed by atoms with Crippen LogP contribution in [-0.2, 0) is 7.05 Å². The van der Waals surface area contributed by atoms with Gasteiger partial charge >= 0.3 is 0 Å². The summed E-state index contributed by atoms with van der Waals surface area (Å²) in [5.74, 6) is 0.344. The van der Waals surface area contributed by atoms with Crippen LogP contribution in [0.3, 0.4) is 0 Å². The molecule has 8 nitrogen and oxygen atoms in total. The van der Waals surface area contributed by atoms with Gasteiger partial charge in [0, 0.05) is 55.7 Å². The van der Waals surface area contributed by atoms with E-state index in [9.17, 15) is 9.59 Å². The van der Waals surface area contributed by atoms with Crippen LogP contribution in [-0.4, -0.2) is 52.5 Å². The van der Waals surface area contributed by atoms with Gasteiger partial charge in [-0.15, -0.1) is 0 Å². The van der Waals surface area contributed by atoms with E-state index in [0.29, 0.717) is 11.4 Å². The lowest BCUT2D eigenvalue weighted by molar-refractivity contribution is 0.102. The molecule has 8 heteroatoms. The first-order chi connectivity index (χ1) is 13.0. The molecule has 0 radical (unpaired) electrons. The van der Waals surface area contributed by atoms with Crippen LogP contribution in [0, 0.1) is 0 Å². The summed E-state index contributed by atoms with van der Waals surface area (Å²) >= 11 is 0. The monoisotopic (exact) mass is 366 g/mol. The minimum Gasteiger partial charge on any atom is -0.369 e. The zero-order valence-electron chi connectivity index (χ0n) is 15.6. The summed E-state index contributed by atoms with van der Waals surface area (Å²) in [6.45, 7) is 1.62. The van der Waals surface area contributed by atoms with E-state index in [-0.39, 0.29) is 17.2 Å². The van der Waals surface area contributed by atoms with Crippen LogP contribution < -0.4 is 16.2 Å². The molecule has 0 spiro atoms. The molecule has 0 unspecified atom stereocenters. The number of carbonyl (C=O) groups excluding carboxylic acids is 1. The number of aromatic nitrogens is 3. The van der Waals surface area contributed by atoms with Crippen LogP contribution in [0.1, 0.15) is 10.4 Å². The second-order valence-electron chi connectivity index (χ2n) is 6.47. The second-order valence-corrected chi connectivity index (χ2v) is 6.47. The van der Waals surface area contributed by atoms with Crippen molar-refractivity contribution in [3.63, 3.8) is 0 Å². The molecule has 0 atom stereocenters. The molecule has 2 N–H and O–H groups in total. The minimum atomic E-state index is -0.358. The number of aryl methyl sites for hydroxylation is 1. The van der Waals surface area contributed by atoms with E-state index in [4.69, 9.17) is 0 Å². The molecule has 0 aliphatic heterocycles. The number of fused-ring (bicyclic) bond motifs is 1. The third kappa shape index (κ3) is 4.29. The van der Waals surface area contributed by atoms with Gasteiger partial charge in [-0.3, -0.25) is 14.6 Å². The third-order valence-corrected chi connectivity index (χ3v) is 4.16. The van der Waals surface area contributed by atoms with E-state index in [1.807, 2.05) is 20.2 Å². The number of carbonyl (C=O) groups is 1. The lowest BCUT2D eigenvalue weighted by atomic mass is 10.2. The molecule has 140 valence electrons. The van der Waals surface area contributed by atoms with Gasteiger partial charge in [-0.25, -0.2) is 4.98 Å². The summed E-state index contributed by atoms with van der Waals surface area (Å²) in [4.78, 5) is 35.3. The molecule has 0 fully saturated rings. The number of hydrogen-bond acceptors (Lipinski definition) is 6. The van der Waals surface area contributed by atoms with Gasteiger partial charge in [-0.2, -0.15) is 0 Å². The van der Waals surface area contributed by atoms with E-state index in [1.165, 1.54) is 17.0 Å². The first kappa shape index (κ1) is 18.5. The molecule has 0 saturated carbocycles. The lowest BCUT2D eigenvalue weighted by Crippen LogP contribution is -2.25. The Balaban J connectivity index is 1.87. The molecular formula is C19H22N6O2. The van der Waals surface area contributed by atoms with Gasteiger partial charge in [0.1, 0.15) is 11.5 Å². The van der Waals surface area contributed by atoms with Gasteiger partial charge in [-0.1, -0.05) is 0 Å². The van der Waals surface area contributed by atoms with Gasteiger partial charge in [0.2, 0.25) is 0 Å². The fourth-order valence-corrected chi connectivity index (χ4v) is 2.66. The summed E-state index contributed by atoms with van der Waals surface area (Å²) in [7, 11) is 5.68. The average molecular weight is 366 g/mol. The number of rotatable bonds is 6. The number of nitrogens with one attached hydrogen (secondary N) is 2. The average Bonchev–Trinajstić information content (AvgIpc) is 2.66. The van der Waals surface area contributed by atoms with E-state index >= 15 is 0 Å². The number of pyridine rings is 3. The summed E-state index contributed by atoms with van der Waals surface area (Å²) in [6, 6.07) is 6.66. The molecule has 0 aliphatic rings. The van der Waals surface area contributed by atoms with Crippen LogP contribution in [0.25, 0.3) is 10.9 Å². The van der Waals surface area contributed by atoms with Gasteiger partial charge in [-0.05, 0) is 32.3 Å². The Morgan fingerprint density at radius 3 is 2.67 bits per heavy atom. The zero-order chi connectivity index (χ0) is 19.4. The van der Waals surface area contributed by atoms with Crippen molar-refractivity contribution in [2.45, 2.75) is 0 Å². The number of hydrogen-bond donors (Lipinski definition) is 2. The first-order valence-corrected chi connectivity index (χ1v) is 8.55. The molecule has 0 bridgehead atoms. The Kier molecular flexibility index (Phi) is 5.46. The molecule has 3 rings (SSSR count). The van der Waals surface area contributed by atoms with E-state index in [0.717, 1.165) is 24.0 Å². The predicted octanol–water partition coefficient (Wildman–Crippen LogP) is 1.55. The maximum Gasteiger partial charge on any atom is 0.274 e. The first-order valence-electron chi connectivity index (χ1n) is 8.55. The van der Waals surface area contributed by atoms with E-state index < -0.39 is 0 Å². The molecule has 0 aliphatic carbocycles. The van der Waals surface area contributed by atoms with Gasteiger partial charge in [0.15, 0.2) is 0 Å². The van der Waals surface area contributed by atoms with Crippen LogP contribution in [0.5, 0.6) is 0 Å². The van der Waals surface area contributed by atoms with Crippen LogP contribution in [0.4, 0.5) is 11.5 Å². The van der Waals surface area contributed by atoms with Crippen molar-refractivity contribution in [1.82, 2.24) is 19.4 Å². The Labute approximate surface area is 156 Å². The van der Waals surface area contributed by atoms with Crippen molar-refractivity contribution in [2.24, 2.45) is 7.05 Å². The molecule has 27 heavy (non-hydrogen) atoms. The predicted molar refractivity (Wildman–Crippen MR) is 106 cm³/mol. The largest absolute Gasteiger partial charge is 0.369 e. The van der Waals surface area contributed by atoms with Crippen molar-refractivity contribution in [3.05, 3.63) is 58.8 Å². The summed E-state index contributed by atoms with van der Waals surface area (Å²) in [6.07, 6.45) is 4.75. The maximum absolute atomic E-state index is 12.7. The van der Waals surface area contributed by atoms with Gasteiger partial charge in [0.25, 0.3) is 11.5 Å². The van der Waals surface area contributed by atoms with Crippen LogP contribution >= 0.6 is 0 Å². The quantitative estimate of drug-likeness (QED) is 0.688. The third-order valence-electron chi connectivity index (χ3n) is 4.16. The number of anilines is 2. The van der Waals surface area contributed by atoms with Crippen molar-refractivity contribution in [2.75, 3.05) is 37.8 Å². The topological polar surface area (TPSA) is 92.2 Å². The molecule has 3 aromatic rings. The molecule has 1 amide bonds. The summed E-state index contributed by atoms with van der Waals surface area (Å²) in [5, 5.41) is 6.68. The van der Waals surface area contributed by atoms with Gasteiger partial charge < -0.3 is 20.1 Å². The SMILES string of the molecule is CN(C)CCNc1cc2c(cn1)cc(NC(=O)c1ccncc1)c(=O)n2C. The summed E-state index contributed by atoms with van der Waals surface area (Å²) < 4.78 is 1.51. The second kappa shape index (κ2) is 7.96. The highest BCUT2D eigenvalue weighted by molar-refractivity contribution is 6.04. The van der Waals surface area contributed by atoms with Crippen molar-refractivity contribution in [3.8, 4) is 0 Å². The zero-order valence-corrected chi connectivity index (χ0v) is 15.6. The highest BCUT2D eigenvalue weighted by Gasteiger charge is 2.12. The Bertz CT molecular complexity index is 1010. The number of likely N-dealkylation sites (N-methyl/N-ethyl adjacent to an activating group) is 1. The fraction of sp³-hybridized carbons (Fsp3) is 0.263. The van der Waals surface area contributed by atoms with Crippen molar-refractivity contribution in [1.29, 1.82) is 0 Å². The highest BCUT2D eigenvalue weighted by atomic mass is 16.2. The van der Waals surface area contributed by atoms with Gasteiger partial charge in [0.05, 0.1) is 5.52 Å². The van der Waals surface area contributed by atoms with E-state index in [1.54, 1.807) is 31.4 Å². The maximum atomic E-state index is 12.7. The van der Waals surface area contributed by atoms with Crippen LogP contribution in [0.2, 0.25) is 0 Å². The fourth-order valence-electron chi connectivity index (χ4n) is 2.66. The number of nitrogens with zero attached hydrogens (tertiary/aromatic N) is 4. The molecule has 0 aromatic carbocycles.